The average molecular weight is 321 g/mol. The van der Waals surface area contributed by atoms with Crippen LogP contribution < -0.4 is 0 Å². The molecule has 19 heavy (non-hydrogen) atoms. The van der Waals surface area contributed by atoms with Crippen LogP contribution in [0.25, 0.3) is 0 Å². The van der Waals surface area contributed by atoms with Crippen LogP contribution >= 0.6 is 34.9 Å². The SMILES string of the molecule is C[C@@H](CN(C)C)Sc1nnc(S[C@@H](C)CN(C)C)s1. The molecule has 1 aromatic rings. The van der Waals surface area contributed by atoms with E-state index in [9.17, 15) is 0 Å². The van der Waals surface area contributed by atoms with Gasteiger partial charge in [0.25, 0.3) is 0 Å². The van der Waals surface area contributed by atoms with Crippen LogP contribution in [0.2, 0.25) is 0 Å². The Hall–Kier alpha value is 0.180. The van der Waals surface area contributed by atoms with Crippen molar-refractivity contribution >= 4 is 34.9 Å². The zero-order valence-electron chi connectivity index (χ0n) is 12.6. The molecule has 0 aliphatic heterocycles. The highest BCUT2D eigenvalue weighted by molar-refractivity contribution is 8.03. The predicted molar refractivity (Wildman–Crippen MR) is 87.7 cm³/mol. The van der Waals surface area contributed by atoms with E-state index in [0.29, 0.717) is 10.5 Å². The van der Waals surface area contributed by atoms with Crippen molar-refractivity contribution in [1.82, 2.24) is 20.0 Å². The fraction of sp³-hybridized carbons (Fsp3) is 0.833. The largest absolute Gasteiger partial charge is 0.308 e. The van der Waals surface area contributed by atoms with E-state index in [0.717, 1.165) is 21.8 Å². The number of aromatic nitrogens is 2. The lowest BCUT2D eigenvalue weighted by molar-refractivity contribution is 0.413. The van der Waals surface area contributed by atoms with Gasteiger partial charge in [0.05, 0.1) is 0 Å². The third-order valence-electron chi connectivity index (χ3n) is 2.24. The van der Waals surface area contributed by atoms with Gasteiger partial charge in [-0.2, -0.15) is 0 Å². The molecule has 0 radical (unpaired) electrons. The molecule has 0 aliphatic rings. The van der Waals surface area contributed by atoms with Gasteiger partial charge in [-0.1, -0.05) is 48.7 Å². The highest BCUT2D eigenvalue weighted by atomic mass is 32.2. The summed E-state index contributed by atoms with van der Waals surface area (Å²) in [5, 5.41) is 9.63. The lowest BCUT2D eigenvalue weighted by Gasteiger charge is -2.14. The van der Waals surface area contributed by atoms with Crippen molar-refractivity contribution in [2.45, 2.75) is 33.0 Å². The molecule has 0 fully saturated rings. The van der Waals surface area contributed by atoms with Gasteiger partial charge in [0.2, 0.25) is 0 Å². The van der Waals surface area contributed by atoms with Crippen molar-refractivity contribution in [3.05, 3.63) is 0 Å². The van der Waals surface area contributed by atoms with Crippen LogP contribution in [0.4, 0.5) is 0 Å². The number of thioether (sulfide) groups is 2. The molecule has 1 rings (SSSR count). The molecule has 1 aromatic heterocycles. The lowest BCUT2D eigenvalue weighted by Crippen LogP contribution is -2.21. The molecule has 1 heterocycles. The van der Waals surface area contributed by atoms with E-state index in [2.05, 4.69) is 62.0 Å². The molecule has 7 heteroatoms. The summed E-state index contributed by atoms with van der Waals surface area (Å²) in [5.41, 5.74) is 0. The average Bonchev–Trinajstić information content (AvgIpc) is 2.62. The molecular formula is C12H24N4S3. The third-order valence-corrected chi connectivity index (χ3v) is 5.50. The van der Waals surface area contributed by atoms with Gasteiger partial charge in [0.15, 0.2) is 8.68 Å². The number of rotatable bonds is 8. The minimum Gasteiger partial charge on any atom is -0.308 e. The Morgan fingerprint density at radius 1 is 0.895 bits per heavy atom. The van der Waals surface area contributed by atoms with E-state index in [1.807, 2.05) is 23.5 Å². The second kappa shape index (κ2) is 8.46. The maximum absolute atomic E-state index is 4.27. The Morgan fingerprint density at radius 2 is 1.26 bits per heavy atom. The zero-order valence-corrected chi connectivity index (χ0v) is 15.0. The maximum atomic E-state index is 4.27. The summed E-state index contributed by atoms with van der Waals surface area (Å²) in [6, 6.07) is 0. The van der Waals surface area contributed by atoms with Crippen molar-refractivity contribution in [3.63, 3.8) is 0 Å². The first-order valence-electron chi connectivity index (χ1n) is 6.33. The fourth-order valence-electron chi connectivity index (χ4n) is 1.74. The van der Waals surface area contributed by atoms with Gasteiger partial charge in [-0.15, -0.1) is 10.2 Å². The Kier molecular flexibility index (Phi) is 7.68. The van der Waals surface area contributed by atoms with Crippen LogP contribution in [0.3, 0.4) is 0 Å². The smallest absolute Gasteiger partial charge is 0.175 e. The van der Waals surface area contributed by atoms with Crippen molar-refractivity contribution in [3.8, 4) is 0 Å². The zero-order chi connectivity index (χ0) is 14.4. The second-order valence-electron chi connectivity index (χ2n) is 5.22. The van der Waals surface area contributed by atoms with Gasteiger partial charge in [-0.3, -0.25) is 0 Å². The highest BCUT2D eigenvalue weighted by Gasteiger charge is 2.13. The second-order valence-corrected chi connectivity index (χ2v) is 9.56. The van der Waals surface area contributed by atoms with E-state index in [1.165, 1.54) is 0 Å². The summed E-state index contributed by atoms with van der Waals surface area (Å²) in [6.07, 6.45) is 0. The van der Waals surface area contributed by atoms with Crippen molar-refractivity contribution in [2.75, 3.05) is 41.3 Å². The molecule has 2 atom stereocenters. The van der Waals surface area contributed by atoms with Crippen LogP contribution in [0, 0.1) is 0 Å². The molecule has 0 spiro atoms. The maximum Gasteiger partial charge on any atom is 0.175 e. The first-order chi connectivity index (χ1) is 8.86. The van der Waals surface area contributed by atoms with Crippen molar-refractivity contribution in [1.29, 1.82) is 0 Å². The lowest BCUT2D eigenvalue weighted by atomic mass is 10.4. The number of hydrogen-bond acceptors (Lipinski definition) is 7. The van der Waals surface area contributed by atoms with E-state index in [1.54, 1.807) is 11.3 Å². The molecule has 4 nitrogen and oxygen atoms in total. The Morgan fingerprint density at radius 3 is 1.58 bits per heavy atom. The summed E-state index contributed by atoms with van der Waals surface area (Å²) in [6.45, 7) is 6.58. The normalized spacial score (nSPS) is 15.2. The summed E-state index contributed by atoms with van der Waals surface area (Å²) >= 11 is 5.34. The van der Waals surface area contributed by atoms with Crippen LogP contribution in [0.15, 0.2) is 8.68 Å². The van der Waals surface area contributed by atoms with Crippen molar-refractivity contribution in [2.24, 2.45) is 0 Å². The molecule has 0 N–H and O–H groups in total. The summed E-state index contributed by atoms with van der Waals surface area (Å²) < 4.78 is 2.16. The number of nitrogens with zero attached hydrogens (tertiary/aromatic N) is 4. The summed E-state index contributed by atoms with van der Waals surface area (Å²) in [7, 11) is 8.39. The molecule has 0 bridgehead atoms. The molecule has 0 unspecified atom stereocenters. The van der Waals surface area contributed by atoms with Gasteiger partial charge in [0, 0.05) is 23.6 Å². The topological polar surface area (TPSA) is 32.3 Å². The van der Waals surface area contributed by atoms with E-state index >= 15 is 0 Å². The minimum absolute atomic E-state index is 0.542. The third kappa shape index (κ3) is 7.51. The molecule has 0 saturated carbocycles. The number of hydrogen-bond donors (Lipinski definition) is 0. The fourth-order valence-corrected chi connectivity index (χ4v) is 5.66. The first-order valence-corrected chi connectivity index (χ1v) is 8.90. The minimum atomic E-state index is 0.542. The van der Waals surface area contributed by atoms with Gasteiger partial charge in [-0.05, 0) is 28.2 Å². The Balaban J connectivity index is 2.43. The molecule has 0 aliphatic carbocycles. The van der Waals surface area contributed by atoms with Gasteiger partial charge in [-0.25, -0.2) is 0 Å². The van der Waals surface area contributed by atoms with Crippen LogP contribution in [-0.2, 0) is 0 Å². The highest BCUT2D eigenvalue weighted by Crippen LogP contribution is 2.33. The standard InChI is InChI=1S/C12H24N4S3/c1-9(7-15(3)4)17-11-13-14-12(19-11)18-10(2)8-16(5)6/h9-10H,7-8H2,1-6H3/t9-,10-/m0/s1. The Bertz CT molecular complexity index is 335. The Labute approximate surface area is 129 Å². The van der Waals surface area contributed by atoms with Gasteiger partial charge >= 0.3 is 0 Å². The molecular weight excluding hydrogens is 296 g/mol. The van der Waals surface area contributed by atoms with Crippen LogP contribution in [-0.4, -0.2) is 71.8 Å². The van der Waals surface area contributed by atoms with E-state index in [-0.39, 0.29) is 0 Å². The van der Waals surface area contributed by atoms with Crippen LogP contribution in [0.5, 0.6) is 0 Å². The van der Waals surface area contributed by atoms with E-state index in [4.69, 9.17) is 0 Å². The molecule has 0 amide bonds. The van der Waals surface area contributed by atoms with Crippen LogP contribution in [0.1, 0.15) is 13.8 Å². The molecule has 0 aromatic carbocycles. The molecule has 110 valence electrons. The van der Waals surface area contributed by atoms with E-state index < -0.39 is 0 Å². The van der Waals surface area contributed by atoms with Gasteiger partial charge in [0.1, 0.15) is 0 Å². The molecule has 0 saturated heterocycles. The van der Waals surface area contributed by atoms with Gasteiger partial charge < -0.3 is 9.80 Å². The summed E-state index contributed by atoms with van der Waals surface area (Å²) in [4.78, 5) is 4.40. The van der Waals surface area contributed by atoms with Crippen molar-refractivity contribution < 1.29 is 0 Å². The first kappa shape index (κ1) is 17.2. The predicted octanol–water partition coefficient (Wildman–Crippen LogP) is 2.62. The summed E-state index contributed by atoms with van der Waals surface area (Å²) in [5.74, 6) is 0. The monoisotopic (exact) mass is 320 g/mol. The quantitative estimate of drug-likeness (QED) is 0.685.